The average Bonchev–Trinajstić information content (AvgIpc) is 3.05. The SMILES string of the molecule is CCc1ccc(N(CC(=O)N(Cc2ccc(C)cc2)C(Cc2ccccc2)C(=O)NCC(C)C)S(=O)(=O)c2ccccc2)cc1. The second-order valence-electron chi connectivity index (χ2n) is 11.7. The van der Waals surface area contributed by atoms with E-state index in [0.717, 1.165) is 33.0 Å². The first-order valence-electron chi connectivity index (χ1n) is 15.4. The van der Waals surface area contributed by atoms with E-state index in [2.05, 4.69) is 5.32 Å². The van der Waals surface area contributed by atoms with Crippen molar-refractivity contribution in [2.24, 2.45) is 5.92 Å². The molecule has 1 N–H and O–H groups in total. The standard InChI is InChI=1S/C37H43N3O4S/c1-5-30-20-22-33(23-21-30)40(45(43,44)34-14-10-7-11-15-34)27-36(41)39(26-32-18-16-29(4)17-19-32)35(37(42)38-25-28(2)3)24-31-12-8-6-9-13-31/h6-23,28,35H,5,24-27H2,1-4H3,(H,38,42). The lowest BCUT2D eigenvalue weighted by Crippen LogP contribution is -2.53. The van der Waals surface area contributed by atoms with Gasteiger partial charge >= 0.3 is 0 Å². The molecule has 7 nitrogen and oxygen atoms in total. The monoisotopic (exact) mass is 625 g/mol. The summed E-state index contributed by atoms with van der Waals surface area (Å²) in [6.07, 6.45) is 1.07. The predicted octanol–water partition coefficient (Wildman–Crippen LogP) is 6.17. The number of rotatable bonds is 14. The van der Waals surface area contributed by atoms with Crippen LogP contribution < -0.4 is 9.62 Å². The van der Waals surface area contributed by atoms with Gasteiger partial charge in [0.15, 0.2) is 0 Å². The van der Waals surface area contributed by atoms with Crippen LogP contribution in [-0.2, 0) is 39.0 Å². The van der Waals surface area contributed by atoms with Gasteiger partial charge in [-0.2, -0.15) is 0 Å². The van der Waals surface area contributed by atoms with Crippen molar-refractivity contribution in [3.63, 3.8) is 0 Å². The highest BCUT2D eigenvalue weighted by Crippen LogP contribution is 2.26. The minimum absolute atomic E-state index is 0.0814. The molecule has 2 amide bonds. The Hall–Kier alpha value is -4.43. The Labute approximate surface area is 268 Å². The van der Waals surface area contributed by atoms with E-state index >= 15 is 0 Å². The third-order valence-electron chi connectivity index (χ3n) is 7.67. The lowest BCUT2D eigenvalue weighted by Gasteiger charge is -2.34. The molecule has 8 heteroatoms. The zero-order valence-electron chi connectivity index (χ0n) is 26.5. The summed E-state index contributed by atoms with van der Waals surface area (Å²) < 4.78 is 29.3. The van der Waals surface area contributed by atoms with E-state index in [-0.39, 0.29) is 29.7 Å². The molecule has 4 aromatic carbocycles. The van der Waals surface area contributed by atoms with E-state index in [0.29, 0.717) is 12.2 Å². The van der Waals surface area contributed by atoms with Gasteiger partial charge in [-0.3, -0.25) is 13.9 Å². The maximum Gasteiger partial charge on any atom is 0.264 e. The van der Waals surface area contributed by atoms with Gasteiger partial charge < -0.3 is 10.2 Å². The van der Waals surface area contributed by atoms with Crippen LogP contribution in [0.3, 0.4) is 0 Å². The number of nitrogens with one attached hydrogen (secondary N) is 1. The Bertz CT molecular complexity index is 1640. The number of sulfonamides is 1. The largest absolute Gasteiger partial charge is 0.354 e. The first-order valence-corrected chi connectivity index (χ1v) is 16.9. The van der Waals surface area contributed by atoms with Gasteiger partial charge in [0.1, 0.15) is 12.6 Å². The van der Waals surface area contributed by atoms with Crippen LogP contribution in [0.5, 0.6) is 0 Å². The average molecular weight is 626 g/mol. The summed E-state index contributed by atoms with van der Waals surface area (Å²) in [6, 6.07) is 31.8. The molecule has 4 rings (SSSR count). The summed E-state index contributed by atoms with van der Waals surface area (Å²) in [7, 11) is -4.12. The van der Waals surface area contributed by atoms with E-state index < -0.39 is 28.5 Å². The van der Waals surface area contributed by atoms with Gasteiger partial charge in [-0.1, -0.05) is 111 Å². The number of hydrogen-bond acceptors (Lipinski definition) is 4. The van der Waals surface area contributed by atoms with Gasteiger partial charge in [-0.05, 0) is 60.2 Å². The van der Waals surface area contributed by atoms with Crippen LogP contribution in [0, 0.1) is 12.8 Å². The fourth-order valence-corrected chi connectivity index (χ4v) is 6.45. The van der Waals surface area contributed by atoms with Crippen molar-refractivity contribution >= 4 is 27.5 Å². The molecule has 0 spiro atoms. The fraction of sp³-hybridized carbons (Fsp3) is 0.297. The predicted molar refractivity (Wildman–Crippen MR) is 180 cm³/mol. The van der Waals surface area contributed by atoms with Crippen LogP contribution in [0.4, 0.5) is 5.69 Å². The molecule has 236 valence electrons. The van der Waals surface area contributed by atoms with Crippen LogP contribution in [0.2, 0.25) is 0 Å². The molecule has 0 heterocycles. The van der Waals surface area contributed by atoms with E-state index in [1.807, 2.05) is 94.4 Å². The van der Waals surface area contributed by atoms with Crippen molar-refractivity contribution in [3.05, 3.63) is 131 Å². The van der Waals surface area contributed by atoms with Gasteiger partial charge in [-0.15, -0.1) is 0 Å². The molecule has 4 aromatic rings. The van der Waals surface area contributed by atoms with Crippen LogP contribution in [-0.4, -0.2) is 44.3 Å². The van der Waals surface area contributed by atoms with Crippen molar-refractivity contribution in [1.82, 2.24) is 10.2 Å². The molecule has 0 aliphatic rings. The van der Waals surface area contributed by atoms with Gasteiger partial charge in [0.05, 0.1) is 10.6 Å². The Morgan fingerprint density at radius 3 is 1.91 bits per heavy atom. The highest BCUT2D eigenvalue weighted by atomic mass is 32.2. The number of aryl methyl sites for hydroxylation is 2. The molecular formula is C37H43N3O4S. The van der Waals surface area contributed by atoms with E-state index in [4.69, 9.17) is 0 Å². The Morgan fingerprint density at radius 1 is 0.756 bits per heavy atom. The van der Waals surface area contributed by atoms with Gasteiger partial charge in [-0.25, -0.2) is 8.42 Å². The minimum atomic E-state index is -4.12. The first-order chi connectivity index (χ1) is 21.6. The number of anilines is 1. The number of carbonyl (C=O) groups excluding carboxylic acids is 2. The fourth-order valence-electron chi connectivity index (χ4n) is 5.01. The maximum absolute atomic E-state index is 14.5. The van der Waals surface area contributed by atoms with Crippen LogP contribution in [0.15, 0.2) is 114 Å². The number of benzene rings is 4. The molecule has 0 saturated heterocycles. The van der Waals surface area contributed by atoms with Gasteiger partial charge in [0, 0.05) is 19.5 Å². The van der Waals surface area contributed by atoms with Crippen LogP contribution in [0.25, 0.3) is 0 Å². The number of nitrogens with zero attached hydrogens (tertiary/aromatic N) is 2. The molecule has 0 bridgehead atoms. The molecule has 0 fully saturated rings. The molecular weight excluding hydrogens is 582 g/mol. The number of amides is 2. The van der Waals surface area contributed by atoms with Crippen molar-refractivity contribution < 1.29 is 18.0 Å². The maximum atomic E-state index is 14.5. The molecule has 0 saturated carbocycles. The van der Waals surface area contributed by atoms with E-state index in [1.54, 1.807) is 30.3 Å². The summed E-state index contributed by atoms with van der Waals surface area (Å²) in [4.78, 5) is 30.0. The number of carbonyl (C=O) groups is 2. The number of hydrogen-bond donors (Lipinski definition) is 1. The zero-order valence-corrected chi connectivity index (χ0v) is 27.3. The van der Waals surface area contributed by atoms with Crippen LogP contribution in [0.1, 0.15) is 43.0 Å². The van der Waals surface area contributed by atoms with E-state index in [1.165, 1.54) is 17.0 Å². The first kappa shape index (κ1) is 33.5. The van der Waals surface area contributed by atoms with Gasteiger partial charge in [0.25, 0.3) is 10.0 Å². The molecule has 0 aliphatic heterocycles. The topological polar surface area (TPSA) is 86.8 Å². The highest BCUT2D eigenvalue weighted by Gasteiger charge is 2.34. The highest BCUT2D eigenvalue weighted by molar-refractivity contribution is 7.92. The van der Waals surface area contributed by atoms with Crippen molar-refractivity contribution in [3.8, 4) is 0 Å². The third-order valence-corrected chi connectivity index (χ3v) is 9.46. The zero-order chi connectivity index (χ0) is 32.4. The molecule has 0 radical (unpaired) electrons. The summed E-state index contributed by atoms with van der Waals surface area (Å²) in [5.41, 5.74) is 4.24. The Balaban J connectivity index is 1.78. The summed E-state index contributed by atoms with van der Waals surface area (Å²) in [5, 5.41) is 3.02. The summed E-state index contributed by atoms with van der Waals surface area (Å²) in [6.45, 7) is 8.15. The lowest BCUT2D eigenvalue weighted by atomic mass is 10.0. The quantitative estimate of drug-likeness (QED) is 0.182. The normalized spacial score (nSPS) is 12.0. The Kier molecular flexibility index (Phi) is 11.5. The second kappa shape index (κ2) is 15.5. The van der Waals surface area contributed by atoms with Gasteiger partial charge in [0.2, 0.25) is 11.8 Å². The van der Waals surface area contributed by atoms with Crippen molar-refractivity contribution in [2.45, 2.75) is 58.0 Å². The third kappa shape index (κ3) is 9.05. The summed E-state index contributed by atoms with van der Waals surface area (Å²) in [5.74, 6) is -0.543. The molecule has 1 unspecified atom stereocenters. The molecule has 0 aromatic heterocycles. The lowest BCUT2D eigenvalue weighted by molar-refractivity contribution is -0.140. The Morgan fingerprint density at radius 2 is 1.33 bits per heavy atom. The molecule has 0 aliphatic carbocycles. The van der Waals surface area contributed by atoms with E-state index in [9.17, 15) is 18.0 Å². The van der Waals surface area contributed by atoms with Crippen LogP contribution >= 0.6 is 0 Å². The van der Waals surface area contributed by atoms with Crippen molar-refractivity contribution in [1.29, 1.82) is 0 Å². The molecule has 1 atom stereocenters. The second-order valence-corrected chi connectivity index (χ2v) is 13.6. The van der Waals surface area contributed by atoms with Crippen molar-refractivity contribution in [2.75, 3.05) is 17.4 Å². The smallest absolute Gasteiger partial charge is 0.264 e. The molecule has 45 heavy (non-hydrogen) atoms. The minimum Gasteiger partial charge on any atom is -0.354 e. The summed E-state index contributed by atoms with van der Waals surface area (Å²) >= 11 is 0.